The molecule has 3 unspecified atom stereocenters. The lowest BCUT2D eigenvalue weighted by atomic mass is 9.83. The number of rotatable bonds is 6. The van der Waals surface area contributed by atoms with E-state index in [2.05, 4.69) is 44.8 Å². The van der Waals surface area contributed by atoms with Gasteiger partial charge in [0.15, 0.2) is 11.0 Å². The maximum atomic E-state index is 13.1. The van der Waals surface area contributed by atoms with Gasteiger partial charge in [-0.25, -0.2) is 0 Å². The first-order chi connectivity index (χ1) is 14.5. The number of nitrogen functional groups attached to an aromatic ring is 1. The van der Waals surface area contributed by atoms with Gasteiger partial charge in [-0.05, 0) is 54.0 Å². The number of aryl methyl sites for hydroxylation is 1. The van der Waals surface area contributed by atoms with Crippen LogP contribution in [0.4, 0.5) is 5.69 Å². The van der Waals surface area contributed by atoms with Crippen LogP contribution < -0.4 is 5.73 Å². The van der Waals surface area contributed by atoms with Gasteiger partial charge >= 0.3 is 5.97 Å². The summed E-state index contributed by atoms with van der Waals surface area (Å²) in [5.41, 5.74) is 9.62. The number of hydrogen-bond donors (Lipinski definition) is 2. The molecule has 0 radical (unpaired) electrons. The van der Waals surface area contributed by atoms with Crippen LogP contribution in [0.5, 0.6) is 0 Å². The minimum atomic E-state index is -0.847. The number of carbonyl (C=O) groups is 2. The van der Waals surface area contributed by atoms with E-state index in [1.165, 1.54) is 11.8 Å². The Morgan fingerprint density at radius 3 is 2.55 bits per heavy atom. The number of nitrogens with one attached hydrogen (secondary N) is 1. The molecule has 0 aliphatic carbocycles. The van der Waals surface area contributed by atoms with Gasteiger partial charge in [0.25, 0.3) is 0 Å². The van der Waals surface area contributed by atoms with Crippen LogP contribution in [0.3, 0.4) is 0 Å². The second-order valence-electron chi connectivity index (χ2n) is 9.79. The van der Waals surface area contributed by atoms with Gasteiger partial charge in [-0.1, -0.05) is 34.6 Å². The Kier molecular flexibility index (Phi) is 6.84. The number of cyclic esters (lactones) is 1. The second-order valence-corrected chi connectivity index (χ2v) is 10.9. The summed E-state index contributed by atoms with van der Waals surface area (Å²) in [5.74, 6) is -0.222. The number of nitrogens with two attached hydrogens (primary N) is 1. The van der Waals surface area contributed by atoms with Crippen molar-refractivity contribution in [3.05, 3.63) is 41.2 Å². The van der Waals surface area contributed by atoms with Gasteiger partial charge in [0, 0.05) is 34.8 Å². The Balaban J connectivity index is 1.80. The van der Waals surface area contributed by atoms with Crippen LogP contribution in [0, 0.1) is 18.8 Å². The number of ketones is 1. The van der Waals surface area contributed by atoms with Crippen molar-refractivity contribution in [2.24, 2.45) is 11.8 Å². The summed E-state index contributed by atoms with van der Waals surface area (Å²) in [6, 6.07) is 5.85. The lowest BCUT2D eigenvalue weighted by molar-refractivity contribution is -0.161. The summed E-state index contributed by atoms with van der Waals surface area (Å²) < 4.78 is 5.85. The van der Waals surface area contributed by atoms with Gasteiger partial charge in [-0.3, -0.25) is 14.7 Å². The maximum absolute atomic E-state index is 13.1. The van der Waals surface area contributed by atoms with E-state index < -0.39 is 17.3 Å². The largest absolute Gasteiger partial charge is 0.460 e. The minimum Gasteiger partial charge on any atom is -0.460 e. The fourth-order valence-electron chi connectivity index (χ4n) is 4.00. The van der Waals surface area contributed by atoms with E-state index in [1.54, 1.807) is 6.20 Å². The van der Waals surface area contributed by atoms with Crippen LogP contribution in [-0.4, -0.2) is 33.3 Å². The Morgan fingerprint density at radius 1 is 1.29 bits per heavy atom. The van der Waals surface area contributed by atoms with Gasteiger partial charge in [-0.15, -0.1) is 11.8 Å². The molecule has 3 rings (SSSR count). The van der Waals surface area contributed by atoms with Gasteiger partial charge in [0.2, 0.25) is 0 Å². The number of benzene rings is 1. The van der Waals surface area contributed by atoms with Crippen LogP contribution in [0.2, 0.25) is 0 Å². The van der Waals surface area contributed by atoms with Crippen molar-refractivity contribution < 1.29 is 14.3 Å². The highest BCUT2D eigenvalue weighted by Crippen LogP contribution is 2.40. The zero-order valence-corrected chi connectivity index (χ0v) is 20.0. The molecule has 6 nitrogen and oxygen atoms in total. The van der Waals surface area contributed by atoms with Gasteiger partial charge in [0.05, 0.1) is 0 Å². The molecule has 31 heavy (non-hydrogen) atoms. The SMILES string of the molecule is Cc1cc(SC2C(=O)CC(C(Cc3ccn[nH]3)C(C)C)OC2=O)c(C(C)(C)C)cc1N. The van der Waals surface area contributed by atoms with E-state index in [0.717, 1.165) is 21.7 Å². The Hall–Kier alpha value is -2.28. The number of Topliss-reactive ketones (excluding diaryl/α,β-unsaturated/α-hetero) is 1. The third-order valence-corrected chi connectivity index (χ3v) is 7.23. The predicted octanol–water partition coefficient (Wildman–Crippen LogP) is 4.46. The number of nitrogens with zero attached hydrogens (tertiary/aromatic N) is 1. The molecule has 0 bridgehead atoms. The summed E-state index contributed by atoms with van der Waals surface area (Å²) in [6.07, 6.45) is 2.21. The Morgan fingerprint density at radius 2 is 2.00 bits per heavy atom. The molecule has 0 saturated carbocycles. The quantitative estimate of drug-likeness (QED) is 0.389. The molecule has 1 aromatic heterocycles. The molecule has 1 fully saturated rings. The highest BCUT2D eigenvalue weighted by atomic mass is 32.2. The summed E-state index contributed by atoms with van der Waals surface area (Å²) in [6.45, 7) is 12.4. The predicted molar refractivity (Wildman–Crippen MR) is 124 cm³/mol. The van der Waals surface area contributed by atoms with Gasteiger partial charge in [-0.2, -0.15) is 5.10 Å². The molecule has 7 heteroatoms. The fourth-order valence-corrected chi connectivity index (χ4v) is 5.37. The number of H-pyrrole nitrogens is 1. The van der Waals surface area contributed by atoms with Crippen molar-refractivity contribution in [2.75, 3.05) is 5.73 Å². The van der Waals surface area contributed by atoms with Crippen molar-refractivity contribution in [1.82, 2.24) is 10.2 Å². The highest BCUT2D eigenvalue weighted by Gasteiger charge is 2.42. The minimum absolute atomic E-state index is 0.0446. The third-order valence-electron chi connectivity index (χ3n) is 5.95. The summed E-state index contributed by atoms with van der Waals surface area (Å²) in [5, 5.41) is 6.12. The Labute approximate surface area is 188 Å². The van der Waals surface area contributed by atoms with Crippen molar-refractivity contribution in [1.29, 1.82) is 0 Å². The molecular formula is C24H33N3O3S. The van der Waals surface area contributed by atoms with E-state index in [1.807, 2.05) is 25.1 Å². The number of anilines is 1. The molecule has 168 valence electrons. The van der Waals surface area contributed by atoms with Crippen molar-refractivity contribution in [3.63, 3.8) is 0 Å². The van der Waals surface area contributed by atoms with Crippen LogP contribution in [-0.2, 0) is 26.2 Å². The zero-order chi connectivity index (χ0) is 22.9. The third kappa shape index (κ3) is 5.32. The molecule has 3 N–H and O–H groups in total. The lowest BCUT2D eigenvalue weighted by Gasteiger charge is -2.34. The summed E-state index contributed by atoms with van der Waals surface area (Å²) >= 11 is 1.29. The van der Waals surface area contributed by atoms with Crippen molar-refractivity contribution in [2.45, 2.75) is 76.0 Å². The molecule has 3 atom stereocenters. The van der Waals surface area contributed by atoms with Gasteiger partial charge < -0.3 is 10.5 Å². The van der Waals surface area contributed by atoms with Crippen LogP contribution in [0.1, 0.15) is 57.9 Å². The molecule has 1 aromatic carbocycles. The number of ether oxygens (including phenoxy) is 1. The smallest absolute Gasteiger partial charge is 0.327 e. The first kappa shape index (κ1) is 23.4. The van der Waals surface area contributed by atoms with Crippen molar-refractivity contribution in [3.8, 4) is 0 Å². The average molecular weight is 444 g/mol. The number of esters is 1. The van der Waals surface area contributed by atoms with E-state index in [0.29, 0.717) is 12.1 Å². The topological polar surface area (TPSA) is 98.1 Å². The molecule has 0 spiro atoms. The summed E-state index contributed by atoms with van der Waals surface area (Å²) in [4.78, 5) is 27.0. The molecule has 2 heterocycles. The number of aromatic nitrogens is 2. The molecular weight excluding hydrogens is 410 g/mol. The van der Waals surface area contributed by atoms with Crippen LogP contribution >= 0.6 is 11.8 Å². The van der Waals surface area contributed by atoms with Crippen molar-refractivity contribution >= 4 is 29.2 Å². The van der Waals surface area contributed by atoms with Crippen LogP contribution in [0.25, 0.3) is 0 Å². The molecule has 1 saturated heterocycles. The molecule has 1 aliphatic heterocycles. The number of thioether (sulfide) groups is 1. The normalized spacial score (nSPS) is 20.7. The van der Waals surface area contributed by atoms with E-state index in [4.69, 9.17) is 10.5 Å². The average Bonchev–Trinajstić information content (AvgIpc) is 3.17. The van der Waals surface area contributed by atoms with E-state index in [9.17, 15) is 9.59 Å². The molecule has 0 amide bonds. The first-order valence-electron chi connectivity index (χ1n) is 10.8. The highest BCUT2D eigenvalue weighted by molar-refractivity contribution is 8.01. The standard InChI is InChI=1S/C24H33N3O3S/c1-13(2)16(10-15-7-8-26-27-15)20-12-19(28)22(23(29)30-20)31-21-9-14(3)18(25)11-17(21)24(4,5)6/h7-9,11,13,16,20,22H,10,12,25H2,1-6H3,(H,26,27). The zero-order valence-electron chi connectivity index (χ0n) is 19.2. The fraction of sp³-hybridized carbons (Fsp3) is 0.542. The number of carbonyl (C=O) groups excluding carboxylic acids is 2. The van der Waals surface area contributed by atoms with E-state index in [-0.39, 0.29) is 29.5 Å². The number of hydrogen-bond acceptors (Lipinski definition) is 6. The summed E-state index contributed by atoms with van der Waals surface area (Å²) in [7, 11) is 0. The van der Waals surface area contributed by atoms with Crippen LogP contribution in [0.15, 0.2) is 29.3 Å². The van der Waals surface area contributed by atoms with E-state index >= 15 is 0 Å². The number of aromatic amines is 1. The Bertz CT molecular complexity index is 930. The monoisotopic (exact) mass is 443 g/mol. The lowest BCUT2D eigenvalue weighted by Crippen LogP contribution is -2.45. The van der Waals surface area contributed by atoms with Gasteiger partial charge in [0.1, 0.15) is 6.10 Å². The molecule has 2 aromatic rings. The first-order valence-corrected chi connectivity index (χ1v) is 11.6. The second kappa shape index (κ2) is 9.07. The molecule has 1 aliphatic rings. The maximum Gasteiger partial charge on any atom is 0.327 e.